The van der Waals surface area contributed by atoms with Crippen LogP contribution in [0.2, 0.25) is 0 Å². The Bertz CT molecular complexity index is 722. The first-order chi connectivity index (χ1) is 11.6. The zero-order valence-corrected chi connectivity index (χ0v) is 14.1. The molecule has 0 saturated carbocycles. The van der Waals surface area contributed by atoms with Crippen molar-refractivity contribution in [2.45, 2.75) is 31.6 Å². The lowest BCUT2D eigenvalue weighted by atomic mass is 9.77. The monoisotopic (exact) mass is 331 g/mol. The van der Waals surface area contributed by atoms with Gasteiger partial charge in [0.2, 0.25) is 5.91 Å². The fraction of sp³-hybridized carbons (Fsp3) is 0.444. The second-order valence-electron chi connectivity index (χ2n) is 5.92. The van der Waals surface area contributed by atoms with E-state index in [1.807, 2.05) is 0 Å². The van der Waals surface area contributed by atoms with Gasteiger partial charge < -0.3 is 19.5 Å². The maximum Gasteiger partial charge on any atom is 0.225 e. The van der Waals surface area contributed by atoms with E-state index < -0.39 is 0 Å². The third-order valence-corrected chi connectivity index (χ3v) is 4.60. The molecule has 2 aliphatic rings. The third-order valence-electron chi connectivity index (χ3n) is 4.60. The number of hydrogen-bond acceptors (Lipinski definition) is 5. The first-order valence-electron chi connectivity index (χ1n) is 7.95. The Kier molecular flexibility index (Phi) is 4.46. The summed E-state index contributed by atoms with van der Waals surface area (Å²) in [5.74, 6) is 1.37. The number of carbonyl (C=O) groups is 2. The number of allylic oxidation sites excluding steroid dienone is 2. The van der Waals surface area contributed by atoms with E-state index >= 15 is 0 Å². The predicted octanol–water partition coefficient (Wildman–Crippen LogP) is 2.32. The van der Waals surface area contributed by atoms with Gasteiger partial charge in [-0.3, -0.25) is 9.59 Å². The maximum absolute atomic E-state index is 12.5. The number of carbonyl (C=O) groups excluding carboxylic acids is 2. The van der Waals surface area contributed by atoms with Gasteiger partial charge in [-0.2, -0.15) is 0 Å². The van der Waals surface area contributed by atoms with Gasteiger partial charge in [0.1, 0.15) is 5.75 Å². The molecule has 0 spiro atoms. The minimum absolute atomic E-state index is 0.0784. The van der Waals surface area contributed by atoms with Crippen molar-refractivity contribution >= 4 is 11.7 Å². The molecule has 0 unspecified atom stereocenters. The molecule has 128 valence electrons. The Hall–Kier alpha value is -2.50. The van der Waals surface area contributed by atoms with Crippen LogP contribution in [0.3, 0.4) is 0 Å². The van der Waals surface area contributed by atoms with Crippen LogP contribution in [0, 0.1) is 0 Å². The number of ether oxygens (including phenoxy) is 3. The first kappa shape index (κ1) is 16.4. The smallest absolute Gasteiger partial charge is 0.225 e. The number of amides is 1. The van der Waals surface area contributed by atoms with Gasteiger partial charge in [-0.05, 0) is 18.9 Å². The minimum atomic E-state index is -0.323. The molecule has 1 atom stereocenters. The Morgan fingerprint density at radius 1 is 0.958 bits per heavy atom. The van der Waals surface area contributed by atoms with Crippen molar-refractivity contribution in [1.82, 2.24) is 5.32 Å². The van der Waals surface area contributed by atoms with Gasteiger partial charge in [-0.15, -0.1) is 0 Å². The van der Waals surface area contributed by atoms with Crippen LogP contribution < -0.4 is 19.5 Å². The van der Waals surface area contributed by atoms with Crippen LogP contribution >= 0.6 is 0 Å². The van der Waals surface area contributed by atoms with Crippen LogP contribution in [0.15, 0.2) is 23.4 Å². The largest absolute Gasteiger partial charge is 0.496 e. The van der Waals surface area contributed by atoms with Gasteiger partial charge in [-0.1, -0.05) is 0 Å². The van der Waals surface area contributed by atoms with Gasteiger partial charge in [0, 0.05) is 41.7 Å². The lowest BCUT2D eigenvalue weighted by Gasteiger charge is -2.32. The third kappa shape index (κ3) is 2.72. The van der Waals surface area contributed by atoms with E-state index in [2.05, 4.69) is 5.32 Å². The summed E-state index contributed by atoms with van der Waals surface area (Å²) >= 11 is 0. The zero-order chi connectivity index (χ0) is 17.3. The van der Waals surface area contributed by atoms with Crippen molar-refractivity contribution in [3.8, 4) is 17.2 Å². The van der Waals surface area contributed by atoms with Crippen LogP contribution in [0.4, 0.5) is 0 Å². The summed E-state index contributed by atoms with van der Waals surface area (Å²) in [6, 6.07) is 3.53. The van der Waals surface area contributed by atoms with E-state index in [-0.39, 0.29) is 24.0 Å². The number of benzene rings is 1. The van der Waals surface area contributed by atoms with Crippen LogP contribution in [0.5, 0.6) is 17.2 Å². The Morgan fingerprint density at radius 2 is 1.62 bits per heavy atom. The molecule has 1 N–H and O–H groups in total. The average Bonchev–Trinajstić information content (AvgIpc) is 2.59. The fourth-order valence-electron chi connectivity index (χ4n) is 3.50. The molecule has 1 aromatic rings. The molecule has 0 aromatic heterocycles. The topological polar surface area (TPSA) is 73.9 Å². The number of nitrogens with one attached hydrogen (secondary N) is 1. The highest BCUT2D eigenvalue weighted by Crippen LogP contribution is 2.45. The second kappa shape index (κ2) is 6.55. The van der Waals surface area contributed by atoms with E-state index in [4.69, 9.17) is 14.2 Å². The molecule has 1 aliphatic heterocycles. The summed E-state index contributed by atoms with van der Waals surface area (Å²) in [6.45, 7) is 0. The van der Waals surface area contributed by atoms with Crippen LogP contribution in [0.25, 0.3) is 0 Å². The lowest BCUT2D eigenvalue weighted by Crippen LogP contribution is -2.36. The Morgan fingerprint density at radius 3 is 2.29 bits per heavy atom. The van der Waals surface area contributed by atoms with Crippen molar-refractivity contribution in [2.24, 2.45) is 0 Å². The highest BCUT2D eigenvalue weighted by atomic mass is 16.5. The number of Topliss-reactive ketones (excluding diaryl/α,β-unsaturated/α-hetero) is 1. The van der Waals surface area contributed by atoms with Gasteiger partial charge in [0.15, 0.2) is 17.3 Å². The molecule has 1 aromatic carbocycles. The summed E-state index contributed by atoms with van der Waals surface area (Å²) in [4.78, 5) is 24.6. The molecule has 0 saturated heterocycles. The average molecular weight is 331 g/mol. The van der Waals surface area contributed by atoms with Crippen molar-refractivity contribution in [3.63, 3.8) is 0 Å². The van der Waals surface area contributed by atoms with Crippen LogP contribution in [-0.4, -0.2) is 33.0 Å². The van der Waals surface area contributed by atoms with Crippen molar-refractivity contribution < 1.29 is 23.8 Å². The van der Waals surface area contributed by atoms with Crippen LogP contribution in [0.1, 0.15) is 37.2 Å². The summed E-state index contributed by atoms with van der Waals surface area (Å²) in [7, 11) is 4.67. The maximum atomic E-state index is 12.5. The number of rotatable bonds is 4. The fourth-order valence-corrected chi connectivity index (χ4v) is 3.50. The van der Waals surface area contributed by atoms with Crippen molar-refractivity contribution in [2.75, 3.05) is 21.3 Å². The molecular formula is C18H21NO5. The molecule has 3 rings (SSSR count). The molecule has 6 heteroatoms. The number of methoxy groups -OCH3 is 3. The van der Waals surface area contributed by atoms with E-state index in [9.17, 15) is 9.59 Å². The molecule has 0 radical (unpaired) electrons. The molecule has 1 heterocycles. The first-order valence-corrected chi connectivity index (χ1v) is 7.95. The van der Waals surface area contributed by atoms with Crippen molar-refractivity contribution in [3.05, 3.63) is 29.0 Å². The van der Waals surface area contributed by atoms with Crippen molar-refractivity contribution in [1.29, 1.82) is 0 Å². The van der Waals surface area contributed by atoms with Gasteiger partial charge in [0.05, 0.1) is 21.3 Å². The number of hydrogen-bond donors (Lipinski definition) is 1. The quantitative estimate of drug-likeness (QED) is 0.916. The Balaban J connectivity index is 2.15. The standard InChI is InChI=1S/C18H21NO5/c1-22-14-9-16(24-3)15(23-2)7-10(14)11-8-17(21)19-12-5-4-6-13(20)18(11)12/h7,9,11H,4-6,8H2,1-3H3,(H,19,21)/t11-/m0/s1. The normalized spacial score (nSPS) is 20.4. The highest BCUT2D eigenvalue weighted by Gasteiger charge is 2.36. The molecule has 0 bridgehead atoms. The van der Waals surface area contributed by atoms with E-state index in [1.165, 1.54) is 0 Å². The minimum Gasteiger partial charge on any atom is -0.496 e. The molecule has 0 fully saturated rings. The summed E-state index contributed by atoms with van der Waals surface area (Å²) in [5.41, 5.74) is 2.23. The highest BCUT2D eigenvalue weighted by molar-refractivity contribution is 6.01. The molecule has 24 heavy (non-hydrogen) atoms. The Labute approximate surface area is 140 Å². The van der Waals surface area contributed by atoms with Gasteiger partial charge >= 0.3 is 0 Å². The van der Waals surface area contributed by atoms with Gasteiger partial charge in [0.25, 0.3) is 0 Å². The summed E-state index contributed by atoms with van der Waals surface area (Å²) in [5, 5.41) is 2.86. The molecule has 1 aliphatic carbocycles. The lowest BCUT2D eigenvalue weighted by molar-refractivity contribution is -0.122. The molecular weight excluding hydrogens is 310 g/mol. The van der Waals surface area contributed by atoms with E-state index in [0.717, 1.165) is 24.1 Å². The summed E-state index contributed by atoms with van der Waals surface area (Å²) in [6.07, 6.45) is 2.23. The SMILES string of the molecule is COc1cc(OC)c([C@@H]2CC(=O)NC3=C2C(=O)CCC3)cc1OC. The van der Waals surface area contributed by atoms with Crippen LogP contribution in [-0.2, 0) is 9.59 Å². The zero-order valence-electron chi connectivity index (χ0n) is 14.1. The molecule has 6 nitrogen and oxygen atoms in total. The second-order valence-corrected chi connectivity index (χ2v) is 5.92. The molecule has 1 amide bonds. The van der Waals surface area contributed by atoms with Gasteiger partial charge in [-0.25, -0.2) is 0 Å². The van der Waals surface area contributed by atoms with E-state index in [1.54, 1.807) is 33.5 Å². The summed E-state index contributed by atoms with van der Waals surface area (Å²) < 4.78 is 16.2. The number of ketones is 1. The predicted molar refractivity (Wildman–Crippen MR) is 87.5 cm³/mol. The van der Waals surface area contributed by atoms with E-state index in [0.29, 0.717) is 29.2 Å².